The van der Waals surface area contributed by atoms with Gasteiger partial charge >= 0.3 is 0 Å². The summed E-state index contributed by atoms with van der Waals surface area (Å²) in [7, 11) is 0. The van der Waals surface area contributed by atoms with Gasteiger partial charge in [0.25, 0.3) is 0 Å². The molecule has 4 heteroatoms. The molecule has 2 nitrogen and oxygen atoms in total. The lowest BCUT2D eigenvalue weighted by molar-refractivity contribution is 1.11. The third-order valence-electron chi connectivity index (χ3n) is 2.28. The summed E-state index contributed by atoms with van der Waals surface area (Å²) in [6.07, 6.45) is 0. The molecule has 2 rings (SSSR count). The number of thiazole rings is 1. The predicted octanol–water partition coefficient (Wildman–Crippen LogP) is 4.13. The van der Waals surface area contributed by atoms with Gasteiger partial charge in [-0.1, -0.05) is 22.0 Å². The average Bonchev–Trinajstić information content (AvgIpc) is 2.54. The molecule has 1 aromatic heterocycles. The van der Waals surface area contributed by atoms with Crippen molar-refractivity contribution in [3.05, 3.63) is 44.3 Å². The fraction of sp³-hybridized carbons (Fsp3) is 0.250. The van der Waals surface area contributed by atoms with E-state index in [-0.39, 0.29) is 0 Å². The Morgan fingerprint density at radius 1 is 1.38 bits per heavy atom. The van der Waals surface area contributed by atoms with Gasteiger partial charge in [0.1, 0.15) is 0 Å². The summed E-state index contributed by atoms with van der Waals surface area (Å²) >= 11 is 5.21. The quantitative estimate of drug-likeness (QED) is 0.921. The molecule has 0 amide bonds. The summed E-state index contributed by atoms with van der Waals surface area (Å²) in [6.45, 7) is 4.94. The third kappa shape index (κ3) is 2.83. The van der Waals surface area contributed by atoms with E-state index in [4.69, 9.17) is 0 Å². The fourth-order valence-electron chi connectivity index (χ4n) is 1.52. The van der Waals surface area contributed by atoms with E-state index >= 15 is 0 Å². The number of hydrogen-bond donors (Lipinski definition) is 1. The Morgan fingerprint density at radius 2 is 2.19 bits per heavy atom. The number of nitrogens with zero attached hydrogens (tertiary/aromatic N) is 1. The van der Waals surface area contributed by atoms with Gasteiger partial charge in [0.15, 0.2) is 0 Å². The Morgan fingerprint density at radius 3 is 2.81 bits per heavy atom. The van der Waals surface area contributed by atoms with E-state index in [2.05, 4.69) is 45.3 Å². The van der Waals surface area contributed by atoms with E-state index in [0.29, 0.717) is 0 Å². The monoisotopic (exact) mass is 296 g/mol. The van der Waals surface area contributed by atoms with Gasteiger partial charge < -0.3 is 5.32 Å². The van der Waals surface area contributed by atoms with Crippen LogP contribution in [0.15, 0.2) is 28.7 Å². The molecule has 0 saturated heterocycles. The minimum atomic E-state index is 0.841. The summed E-state index contributed by atoms with van der Waals surface area (Å²) in [5.41, 5.74) is 2.25. The van der Waals surface area contributed by atoms with Crippen molar-refractivity contribution >= 4 is 33.0 Å². The molecule has 1 N–H and O–H groups in total. The van der Waals surface area contributed by atoms with E-state index in [0.717, 1.165) is 27.4 Å². The maximum atomic E-state index is 4.41. The van der Waals surface area contributed by atoms with Crippen LogP contribution in [-0.2, 0) is 6.54 Å². The van der Waals surface area contributed by atoms with Crippen molar-refractivity contribution in [1.82, 2.24) is 4.98 Å². The molecule has 0 aliphatic rings. The minimum Gasteiger partial charge on any atom is -0.380 e. The second kappa shape index (κ2) is 4.97. The summed E-state index contributed by atoms with van der Waals surface area (Å²) in [5.74, 6) is 0. The lowest BCUT2D eigenvalue weighted by atomic mass is 10.3. The Balaban J connectivity index is 2.05. The Kier molecular flexibility index (Phi) is 3.61. The summed E-state index contributed by atoms with van der Waals surface area (Å²) < 4.78 is 1.09. The number of rotatable bonds is 3. The first-order valence-electron chi connectivity index (χ1n) is 5.07. The van der Waals surface area contributed by atoms with Crippen LogP contribution < -0.4 is 5.32 Å². The van der Waals surface area contributed by atoms with Gasteiger partial charge in [-0.2, -0.15) is 0 Å². The molecule has 0 saturated carbocycles. The summed E-state index contributed by atoms with van der Waals surface area (Å²) in [6, 6.07) is 8.18. The predicted molar refractivity (Wildman–Crippen MR) is 73.1 cm³/mol. The van der Waals surface area contributed by atoms with Crippen LogP contribution in [0.4, 0.5) is 5.69 Å². The van der Waals surface area contributed by atoms with Crippen LogP contribution in [0.1, 0.15) is 15.6 Å². The van der Waals surface area contributed by atoms with Crippen molar-refractivity contribution < 1.29 is 0 Å². The van der Waals surface area contributed by atoms with Crippen LogP contribution in [0.2, 0.25) is 0 Å². The average molecular weight is 297 g/mol. The zero-order valence-electron chi connectivity index (χ0n) is 9.25. The van der Waals surface area contributed by atoms with Crippen LogP contribution >= 0.6 is 27.3 Å². The highest BCUT2D eigenvalue weighted by atomic mass is 79.9. The highest BCUT2D eigenvalue weighted by Crippen LogP contribution is 2.20. The molecule has 2 aromatic rings. The van der Waals surface area contributed by atoms with E-state index in [9.17, 15) is 0 Å². The number of aromatic nitrogens is 1. The zero-order chi connectivity index (χ0) is 11.5. The normalized spacial score (nSPS) is 10.4. The van der Waals surface area contributed by atoms with Gasteiger partial charge in [-0.3, -0.25) is 0 Å². The largest absolute Gasteiger partial charge is 0.380 e. The molecule has 0 atom stereocenters. The Bertz CT molecular complexity index is 494. The van der Waals surface area contributed by atoms with Crippen molar-refractivity contribution in [2.24, 2.45) is 0 Å². The molecule has 0 spiro atoms. The van der Waals surface area contributed by atoms with Crippen molar-refractivity contribution in [3.8, 4) is 0 Å². The lowest BCUT2D eigenvalue weighted by Gasteiger charge is -2.05. The molecule has 16 heavy (non-hydrogen) atoms. The topological polar surface area (TPSA) is 24.9 Å². The lowest BCUT2D eigenvalue weighted by Crippen LogP contribution is -1.98. The molecule has 0 fully saturated rings. The molecular formula is C12H13BrN2S. The SMILES string of the molecule is Cc1nc(C)c(CNc2cccc(Br)c2)s1. The van der Waals surface area contributed by atoms with Crippen LogP contribution in [0.25, 0.3) is 0 Å². The van der Waals surface area contributed by atoms with Crippen LogP contribution in [0.3, 0.4) is 0 Å². The molecular weight excluding hydrogens is 284 g/mol. The highest BCUT2D eigenvalue weighted by molar-refractivity contribution is 9.10. The van der Waals surface area contributed by atoms with Crippen LogP contribution in [-0.4, -0.2) is 4.98 Å². The Labute approximate surface area is 108 Å². The second-order valence-electron chi connectivity index (χ2n) is 3.61. The summed E-state index contributed by atoms with van der Waals surface area (Å²) in [4.78, 5) is 5.71. The van der Waals surface area contributed by atoms with Crippen molar-refractivity contribution in [2.75, 3.05) is 5.32 Å². The minimum absolute atomic E-state index is 0.841. The van der Waals surface area contributed by atoms with Gasteiger partial charge in [-0.15, -0.1) is 11.3 Å². The van der Waals surface area contributed by atoms with Gasteiger partial charge in [0, 0.05) is 15.0 Å². The van der Waals surface area contributed by atoms with Crippen LogP contribution in [0.5, 0.6) is 0 Å². The van der Waals surface area contributed by atoms with E-state index < -0.39 is 0 Å². The second-order valence-corrected chi connectivity index (χ2v) is 5.81. The van der Waals surface area contributed by atoms with Gasteiger partial charge in [0.05, 0.1) is 17.2 Å². The van der Waals surface area contributed by atoms with Gasteiger partial charge in [0.2, 0.25) is 0 Å². The first-order valence-corrected chi connectivity index (χ1v) is 6.68. The van der Waals surface area contributed by atoms with E-state index in [1.807, 2.05) is 19.1 Å². The standard InChI is InChI=1S/C12H13BrN2S/c1-8-12(16-9(2)15-8)7-14-11-5-3-4-10(13)6-11/h3-6,14H,7H2,1-2H3. The molecule has 0 radical (unpaired) electrons. The maximum absolute atomic E-state index is 4.41. The van der Waals surface area contributed by atoms with E-state index in [1.165, 1.54) is 4.88 Å². The molecule has 1 aromatic carbocycles. The molecule has 0 unspecified atom stereocenters. The molecule has 0 aliphatic heterocycles. The summed E-state index contributed by atoms with van der Waals surface area (Å²) in [5, 5.41) is 4.52. The maximum Gasteiger partial charge on any atom is 0.0900 e. The number of hydrogen-bond acceptors (Lipinski definition) is 3. The number of halogens is 1. The zero-order valence-corrected chi connectivity index (χ0v) is 11.7. The number of nitrogens with one attached hydrogen (secondary N) is 1. The first-order chi connectivity index (χ1) is 7.65. The van der Waals surface area contributed by atoms with Gasteiger partial charge in [-0.05, 0) is 32.0 Å². The first kappa shape index (κ1) is 11.6. The van der Waals surface area contributed by atoms with Crippen molar-refractivity contribution in [2.45, 2.75) is 20.4 Å². The molecule has 0 aliphatic carbocycles. The fourth-order valence-corrected chi connectivity index (χ4v) is 2.79. The van der Waals surface area contributed by atoms with Crippen molar-refractivity contribution in [1.29, 1.82) is 0 Å². The number of anilines is 1. The third-order valence-corrected chi connectivity index (χ3v) is 3.84. The number of aryl methyl sites for hydroxylation is 2. The molecule has 1 heterocycles. The molecule has 0 bridgehead atoms. The number of benzene rings is 1. The highest BCUT2D eigenvalue weighted by Gasteiger charge is 2.04. The smallest absolute Gasteiger partial charge is 0.0900 e. The Hall–Kier alpha value is -0.870. The van der Waals surface area contributed by atoms with E-state index in [1.54, 1.807) is 11.3 Å². The van der Waals surface area contributed by atoms with Crippen molar-refractivity contribution in [3.63, 3.8) is 0 Å². The molecule has 84 valence electrons. The van der Waals surface area contributed by atoms with Crippen LogP contribution in [0, 0.1) is 13.8 Å². The van der Waals surface area contributed by atoms with Gasteiger partial charge in [-0.25, -0.2) is 4.98 Å².